The van der Waals surface area contributed by atoms with Gasteiger partial charge in [0.2, 0.25) is 0 Å². The lowest BCUT2D eigenvalue weighted by Crippen LogP contribution is -2.32. The molecular weight excluding hydrogens is 384 g/mol. The molecule has 0 atom stereocenters. The minimum absolute atomic E-state index is 0.0966. The molecule has 0 aliphatic heterocycles. The lowest BCUT2D eigenvalue weighted by molar-refractivity contribution is -0.384. The maximum Gasteiger partial charge on any atom is 0.329 e. The molecule has 0 saturated carbocycles. The van der Waals surface area contributed by atoms with E-state index in [2.05, 4.69) is 41.8 Å². The fourth-order valence-electron chi connectivity index (χ4n) is 2.60. The van der Waals surface area contributed by atoms with Gasteiger partial charge >= 0.3 is 11.8 Å². The van der Waals surface area contributed by atoms with Crippen molar-refractivity contribution in [3.05, 3.63) is 74.8 Å². The van der Waals surface area contributed by atoms with Crippen LogP contribution in [0, 0.1) is 17.0 Å². The van der Waals surface area contributed by atoms with Crippen molar-refractivity contribution in [3.8, 4) is 0 Å². The number of hydrogen-bond acceptors (Lipinski definition) is 5. The fraction of sp³-hybridized carbons (Fsp3) is 0.227. The van der Waals surface area contributed by atoms with Crippen molar-refractivity contribution in [1.29, 1.82) is 0 Å². The number of nitrogens with one attached hydrogen (secondary N) is 2. The average molecular weight is 408 g/mol. The zero-order valence-electron chi connectivity index (χ0n) is 17.3. The van der Waals surface area contributed by atoms with Crippen molar-refractivity contribution in [1.82, 2.24) is 5.43 Å². The highest BCUT2D eigenvalue weighted by Gasteiger charge is 2.15. The van der Waals surface area contributed by atoms with E-state index < -0.39 is 16.7 Å². The monoisotopic (exact) mass is 408 g/mol. The number of nitrogens with zero attached hydrogens (tertiary/aromatic N) is 2. The maximum absolute atomic E-state index is 12.0. The van der Waals surface area contributed by atoms with Crippen molar-refractivity contribution in [2.24, 2.45) is 5.10 Å². The number of hydrazone groups is 1. The molecule has 156 valence electrons. The van der Waals surface area contributed by atoms with E-state index in [1.54, 1.807) is 6.92 Å². The Balaban J connectivity index is 1.93. The molecule has 0 fully saturated rings. The quantitative estimate of drug-likeness (QED) is 0.323. The van der Waals surface area contributed by atoms with Gasteiger partial charge < -0.3 is 5.32 Å². The molecule has 30 heavy (non-hydrogen) atoms. The zero-order chi connectivity index (χ0) is 22.3. The smallest absolute Gasteiger partial charge is 0.317 e. The molecular formula is C22H24N4O4. The van der Waals surface area contributed by atoms with Gasteiger partial charge in [-0.1, -0.05) is 44.2 Å². The second-order valence-corrected chi connectivity index (χ2v) is 7.12. The summed E-state index contributed by atoms with van der Waals surface area (Å²) in [5.41, 5.74) is 5.89. The largest absolute Gasteiger partial charge is 0.329 e. The van der Waals surface area contributed by atoms with Crippen molar-refractivity contribution in [2.75, 3.05) is 5.32 Å². The number of nitro benzene ring substituents is 1. The van der Waals surface area contributed by atoms with Crippen molar-refractivity contribution in [3.63, 3.8) is 0 Å². The summed E-state index contributed by atoms with van der Waals surface area (Å²) in [5, 5.41) is 17.0. The minimum atomic E-state index is -0.946. The first kappa shape index (κ1) is 22.5. The number of hydrogen-bond donors (Lipinski definition) is 2. The Labute approximate surface area is 174 Å². The van der Waals surface area contributed by atoms with Crippen molar-refractivity contribution >= 4 is 35.5 Å². The third-order valence-electron chi connectivity index (χ3n) is 4.31. The van der Waals surface area contributed by atoms with Gasteiger partial charge in [0.25, 0.3) is 5.69 Å². The van der Waals surface area contributed by atoms with E-state index >= 15 is 0 Å². The molecule has 0 saturated heterocycles. The molecule has 0 spiro atoms. The van der Waals surface area contributed by atoms with E-state index in [0.29, 0.717) is 17.2 Å². The topological polar surface area (TPSA) is 114 Å². The summed E-state index contributed by atoms with van der Waals surface area (Å²) in [4.78, 5) is 34.1. The molecule has 0 aliphatic carbocycles. The number of carbonyl (C=O) groups excluding carboxylic acids is 2. The van der Waals surface area contributed by atoms with Crippen LogP contribution in [0.5, 0.6) is 0 Å². The first-order valence-corrected chi connectivity index (χ1v) is 9.35. The van der Waals surface area contributed by atoms with E-state index in [-0.39, 0.29) is 5.69 Å². The third kappa shape index (κ3) is 6.37. The van der Waals surface area contributed by atoms with E-state index in [4.69, 9.17) is 0 Å². The van der Waals surface area contributed by atoms with Gasteiger partial charge in [-0.3, -0.25) is 19.7 Å². The average Bonchev–Trinajstić information content (AvgIpc) is 2.69. The second-order valence-electron chi connectivity index (χ2n) is 7.12. The first-order chi connectivity index (χ1) is 14.2. The van der Waals surface area contributed by atoms with Gasteiger partial charge in [-0.25, -0.2) is 5.43 Å². The van der Waals surface area contributed by atoms with Crippen molar-refractivity contribution in [2.45, 2.75) is 33.6 Å². The Morgan fingerprint density at radius 3 is 2.33 bits per heavy atom. The second kappa shape index (κ2) is 10.1. The van der Waals surface area contributed by atoms with E-state index in [0.717, 1.165) is 11.1 Å². The van der Waals surface area contributed by atoms with Gasteiger partial charge in [0, 0.05) is 17.8 Å². The molecule has 0 aliphatic rings. The Bertz CT molecular complexity index is 1010. The number of benzene rings is 2. The van der Waals surface area contributed by atoms with Crippen LogP contribution in [-0.2, 0) is 9.59 Å². The molecule has 8 nitrogen and oxygen atoms in total. The van der Waals surface area contributed by atoms with Crippen LogP contribution in [0.15, 0.2) is 53.1 Å². The summed E-state index contributed by atoms with van der Waals surface area (Å²) >= 11 is 0. The number of allylic oxidation sites excluding steroid dienone is 1. The van der Waals surface area contributed by atoms with E-state index in [1.807, 2.05) is 25.1 Å². The molecule has 0 heterocycles. The molecule has 0 radical (unpaired) electrons. The molecule has 0 aromatic heterocycles. The van der Waals surface area contributed by atoms with Gasteiger partial charge in [-0.05, 0) is 48.1 Å². The van der Waals surface area contributed by atoms with Crippen LogP contribution in [0.3, 0.4) is 0 Å². The van der Waals surface area contributed by atoms with Crippen LogP contribution in [0.25, 0.3) is 6.08 Å². The highest BCUT2D eigenvalue weighted by atomic mass is 16.6. The third-order valence-corrected chi connectivity index (χ3v) is 4.31. The van der Waals surface area contributed by atoms with Gasteiger partial charge in [0.1, 0.15) is 0 Å². The van der Waals surface area contributed by atoms with Crippen LogP contribution in [0.2, 0.25) is 0 Å². The lowest BCUT2D eigenvalue weighted by Gasteiger charge is -2.07. The van der Waals surface area contributed by atoms with Crippen molar-refractivity contribution < 1.29 is 14.5 Å². The molecule has 8 heteroatoms. The van der Waals surface area contributed by atoms with Gasteiger partial charge in [-0.15, -0.1) is 0 Å². The fourth-order valence-corrected chi connectivity index (χ4v) is 2.60. The Kier molecular flexibility index (Phi) is 7.57. The SMILES string of the molecule is CC(/C=N\NC(=O)C(=O)Nc1ccc([N+](=O)[O-])cc1C)=C/c1ccc(C(C)C)cc1. The van der Waals surface area contributed by atoms with Gasteiger partial charge in [-0.2, -0.15) is 5.10 Å². The predicted octanol–water partition coefficient (Wildman–Crippen LogP) is 4.17. The summed E-state index contributed by atoms with van der Waals surface area (Å²) in [5.74, 6) is -1.41. The summed E-state index contributed by atoms with van der Waals surface area (Å²) in [6, 6.07) is 12.1. The van der Waals surface area contributed by atoms with E-state index in [9.17, 15) is 19.7 Å². The lowest BCUT2D eigenvalue weighted by atomic mass is 10.0. The molecule has 2 aromatic rings. The number of rotatable bonds is 6. The molecule has 0 bridgehead atoms. The molecule has 0 unspecified atom stereocenters. The van der Waals surface area contributed by atoms with Crippen LogP contribution >= 0.6 is 0 Å². The van der Waals surface area contributed by atoms with Crippen LogP contribution in [0.1, 0.15) is 43.4 Å². The summed E-state index contributed by atoms with van der Waals surface area (Å²) < 4.78 is 0. The number of anilines is 1. The molecule has 2 aromatic carbocycles. The number of carbonyl (C=O) groups is 2. The maximum atomic E-state index is 12.0. The molecule has 2 N–H and O–H groups in total. The molecule has 2 rings (SSSR count). The van der Waals surface area contributed by atoms with Crippen LogP contribution in [0.4, 0.5) is 11.4 Å². The predicted molar refractivity (Wildman–Crippen MR) is 117 cm³/mol. The normalized spacial score (nSPS) is 11.6. The summed E-state index contributed by atoms with van der Waals surface area (Å²) in [7, 11) is 0. The standard InChI is InChI=1S/C22H24N4O4/c1-14(2)18-7-5-17(6-8-18)11-15(3)13-23-25-22(28)21(27)24-20-10-9-19(26(29)30)12-16(20)4/h5-14H,1-4H3,(H,24,27)(H,25,28)/b15-11-,23-13-. The molecule has 2 amide bonds. The number of amides is 2. The van der Waals surface area contributed by atoms with Gasteiger partial charge in [0.05, 0.1) is 11.1 Å². The Morgan fingerprint density at radius 2 is 1.77 bits per heavy atom. The van der Waals surface area contributed by atoms with Crippen LogP contribution in [-0.4, -0.2) is 23.0 Å². The summed E-state index contributed by atoms with van der Waals surface area (Å²) in [6.45, 7) is 7.68. The Morgan fingerprint density at radius 1 is 1.10 bits per heavy atom. The number of aryl methyl sites for hydroxylation is 1. The zero-order valence-corrected chi connectivity index (χ0v) is 17.3. The number of non-ortho nitro benzene ring substituents is 1. The Hall–Kier alpha value is -3.81. The first-order valence-electron chi connectivity index (χ1n) is 9.35. The highest BCUT2D eigenvalue weighted by molar-refractivity contribution is 6.39. The number of nitro groups is 1. The highest BCUT2D eigenvalue weighted by Crippen LogP contribution is 2.21. The minimum Gasteiger partial charge on any atom is -0.317 e. The van der Waals surface area contributed by atoms with Gasteiger partial charge in [0.15, 0.2) is 0 Å². The van der Waals surface area contributed by atoms with E-state index in [1.165, 1.54) is 30.0 Å². The summed E-state index contributed by atoms with van der Waals surface area (Å²) in [6.07, 6.45) is 3.35. The van der Waals surface area contributed by atoms with Crippen LogP contribution < -0.4 is 10.7 Å².